The van der Waals surface area contributed by atoms with Gasteiger partial charge in [-0.3, -0.25) is 14.4 Å². The Morgan fingerprint density at radius 1 is 0.923 bits per heavy atom. The Bertz CT molecular complexity index is 1560. The number of carbonyl (C=O) groups is 3. The molecule has 204 valence electrons. The summed E-state index contributed by atoms with van der Waals surface area (Å²) in [4.78, 5) is 42.3. The largest absolute Gasteiger partial charge is 0.345 e. The Labute approximate surface area is 232 Å². The molecule has 3 aromatic rings. The van der Waals surface area contributed by atoms with Crippen LogP contribution in [-0.4, -0.2) is 67.4 Å². The van der Waals surface area contributed by atoms with Gasteiger partial charge in [-0.1, -0.05) is 24.3 Å². The molecule has 1 aromatic heterocycles. The number of fused-ring (bicyclic) bond motifs is 2. The molecule has 0 unspecified atom stereocenters. The van der Waals surface area contributed by atoms with Crippen molar-refractivity contribution in [1.29, 1.82) is 0 Å². The van der Waals surface area contributed by atoms with Crippen LogP contribution in [0.25, 0.3) is 0 Å². The molecule has 2 aliphatic rings. The highest BCUT2D eigenvalue weighted by Gasteiger charge is 2.31. The Morgan fingerprint density at radius 3 is 2.28 bits per heavy atom. The highest BCUT2D eigenvalue weighted by molar-refractivity contribution is 7.89. The van der Waals surface area contributed by atoms with Crippen LogP contribution < -0.4 is 5.32 Å². The summed E-state index contributed by atoms with van der Waals surface area (Å²) in [6.45, 7) is 3.13. The predicted octanol–water partition coefficient (Wildman–Crippen LogP) is 3.35. The van der Waals surface area contributed by atoms with Crippen LogP contribution in [0.5, 0.6) is 0 Å². The summed E-state index contributed by atoms with van der Waals surface area (Å²) in [5.74, 6) is -0.701. The topological polar surface area (TPSA) is 107 Å². The first kappa shape index (κ1) is 27.0. The summed E-state index contributed by atoms with van der Waals surface area (Å²) in [5, 5.41) is 3.29. The molecule has 0 spiro atoms. The van der Waals surface area contributed by atoms with Crippen molar-refractivity contribution in [2.75, 3.05) is 32.5 Å². The molecule has 0 aliphatic carbocycles. The summed E-state index contributed by atoms with van der Waals surface area (Å²) >= 11 is 1.30. The van der Waals surface area contributed by atoms with Gasteiger partial charge in [0.25, 0.3) is 11.8 Å². The number of carbonyl (C=O) groups excluding carboxylic acids is 3. The van der Waals surface area contributed by atoms with Crippen LogP contribution in [0.15, 0.2) is 53.4 Å². The van der Waals surface area contributed by atoms with E-state index < -0.39 is 15.9 Å². The van der Waals surface area contributed by atoms with Crippen molar-refractivity contribution in [3.63, 3.8) is 0 Å². The first-order chi connectivity index (χ1) is 18.6. The number of rotatable bonds is 5. The van der Waals surface area contributed by atoms with E-state index in [1.54, 1.807) is 19.0 Å². The van der Waals surface area contributed by atoms with Gasteiger partial charge in [0.2, 0.25) is 15.9 Å². The van der Waals surface area contributed by atoms with Crippen molar-refractivity contribution in [1.82, 2.24) is 14.1 Å². The lowest BCUT2D eigenvalue weighted by molar-refractivity contribution is -0.129. The van der Waals surface area contributed by atoms with Crippen LogP contribution in [0.1, 0.15) is 49.2 Å². The van der Waals surface area contributed by atoms with E-state index in [4.69, 9.17) is 0 Å². The molecule has 1 N–H and O–H groups in total. The average Bonchev–Trinajstić information content (AvgIpc) is 3.29. The molecular weight excluding hydrogens is 536 g/mol. The van der Waals surface area contributed by atoms with E-state index in [2.05, 4.69) is 5.32 Å². The van der Waals surface area contributed by atoms with Gasteiger partial charge in [-0.15, -0.1) is 11.3 Å². The van der Waals surface area contributed by atoms with E-state index >= 15 is 0 Å². The number of thiophene rings is 1. The molecule has 3 heterocycles. The highest BCUT2D eigenvalue weighted by atomic mass is 32.2. The summed E-state index contributed by atoms with van der Waals surface area (Å²) in [5.41, 5.74) is 3.74. The number of nitrogens with zero attached hydrogens (tertiary/aromatic N) is 3. The van der Waals surface area contributed by atoms with Crippen molar-refractivity contribution >= 4 is 44.1 Å². The van der Waals surface area contributed by atoms with Crippen molar-refractivity contribution in [2.24, 2.45) is 0 Å². The van der Waals surface area contributed by atoms with Crippen molar-refractivity contribution < 1.29 is 22.8 Å². The van der Waals surface area contributed by atoms with Gasteiger partial charge in [0.15, 0.2) is 0 Å². The van der Waals surface area contributed by atoms with Gasteiger partial charge >= 0.3 is 0 Å². The van der Waals surface area contributed by atoms with Gasteiger partial charge in [0.1, 0.15) is 5.00 Å². The molecule has 11 heteroatoms. The lowest BCUT2D eigenvalue weighted by atomic mass is 10.0. The van der Waals surface area contributed by atoms with Crippen LogP contribution in [0.4, 0.5) is 5.00 Å². The number of benzene rings is 2. The van der Waals surface area contributed by atoms with Crippen LogP contribution in [0, 0.1) is 0 Å². The number of amides is 3. The summed E-state index contributed by atoms with van der Waals surface area (Å²) in [6.07, 6.45) is 1.18. The zero-order valence-corrected chi connectivity index (χ0v) is 23.7. The van der Waals surface area contributed by atoms with Gasteiger partial charge in [-0.2, -0.15) is 4.31 Å². The minimum Gasteiger partial charge on any atom is -0.345 e. The molecule has 0 fully saturated rings. The third-order valence-corrected chi connectivity index (χ3v) is 10.2. The first-order valence-electron chi connectivity index (χ1n) is 12.7. The third-order valence-electron chi connectivity index (χ3n) is 7.20. The highest BCUT2D eigenvalue weighted by Crippen LogP contribution is 2.38. The second kappa shape index (κ2) is 10.6. The number of nitrogens with one attached hydrogen (secondary N) is 1. The van der Waals surface area contributed by atoms with Crippen molar-refractivity contribution in [3.8, 4) is 0 Å². The quantitative estimate of drug-likeness (QED) is 0.510. The second-order valence-electron chi connectivity index (χ2n) is 9.93. The maximum Gasteiger partial charge on any atom is 0.256 e. The van der Waals surface area contributed by atoms with Crippen LogP contribution in [0.2, 0.25) is 0 Å². The molecule has 2 aromatic carbocycles. The van der Waals surface area contributed by atoms with E-state index in [1.165, 1.54) is 51.7 Å². The number of sulfonamides is 1. The zero-order valence-electron chi connectivity index (χ0n) is 22.1. The molecule has 0 bridgehead atoms. The zero-order chi connectivity index (χ0) is 27.9. The van der Waals surface area contributed by atoms with E-state index in [-0.39, 0.29) is 22.3 Å². The maximum atomic E-state index is 13.3. The van der Waals surface area contributed by atoms with Gasteiger partial charge in [0.05, 0.1) is 17.0 Å². The van der Waals surface area contributed by atoms with Gasteiger partial charge in [-0.05, 0) is 53.8 Å². The number of hydrogen-bond donors (Lipinski definition) is 1. The fourth-order valence-electron chi connectivity index (χ4n) is 4.99. The molecule has 0 atom stereocenters. The Balaban J connectivity index is 1.36. The van der Waals surface area contributed by atoms with Crippen molar-refractivity contribution in [3.05, 3.63) is 81.2 Å². The molecular formula is C28H30N4O5S2. The fraction of sp³-hybridized carbons (Fsp3) is 0.321. The van der Waals surface area contributed by atoms with E-state index in [0.29, 0.717) is 49.6 Å². The number of anilines is 1. The minimum absolute atomic E-state index is 0.0380. The SMILES string of the molecule is CC(=O)N1CCc2c(sc(NC(=O)c3ccc(S(=O)(=O)N4CCc5ccccc5C4)cc3)c2C(=O)N(C)C)C1. The molecule has 2 aliphatic heterocycles. The molecule has 0 radical (unpaired) electrons. The predicted molar refractivity (Wildman–Crippen MR) is 149 cm³/mol. The first-order valence-corrected chi connectivity index (χ1v) is 14.9. The summed E-state index contributed by atoms with van der Waals surface area (Å²) in [7, 11) is -0.416. The lowest BCUT2D eigenvalue weighted by Gasteiger charge is -2.28. The molecule has 9 nitrogen and oxygen atoms in total. The van der Waals surface area contributed by atoms with Gasteiger partial charge < -0.3 is 15.1 Å². The minimum atomic E-state index is -3.73. The molecule has 3 amide bonds. The summed E-state index contributed by atoms with van der Waals surface area (Å²) < 4.78 is 28.1. The normalized spacial score (nSPS) is 15.3. The van der Waals surface area contributed by atoms with E-state index in [1.807, 2.05) is 24.3 Å². The second-order valence-corrected chi connectivity index (χ2v) is 13.0. The van der Waals surface area contributed by atoms with Crippen LogP contribution in [0.3, 0.4) is 0 Å². The monoisotopic (exact) mass is 566 g/mol. The van der Waals surface area contributed by atoms with Crippen molar-refractivity contribution in [2.45, 2.75) is 37.8 Å². The fourth-order valence-corrected chi connectivity index (χ4v) is 7.66. The smallest absolute Gasteiger partial charge is 0.256 e. The maximum absolute atomic E-state index is 13.3. The van der Waals surface area contributed by atoms with E-state index in [0.717, 1.165) is 21.6 Å². The molecule has 5 rings (SSSR count). The van der Waals surface area contributed by atoms with Crippen LogP contribution >= 0.6 is 11.3 Å². The molecule has 0 saturated heterocycles. The molecule has 0 saturated carbocycles. The average molecular weight is 567 g/mol. The number of hydrogen-bond acceptors (Lipinski definition) is 6. The Kier molecular flexibility index (Phi) is 7.32. The Hall–Kier alpha value is -3.54. The molecule has 39 heavy (non-hydrogen) atoms. The van der Waals surface area contributed by atoms with E-state index in [9.17, 15) is 22.8 Å². The lowest BCUT2D eigenvalue weighted by Crippen LogP contribution is -2.35. The standard InChI is InChI=1S/C28H30N4O5S2/c1-18(33)31-14-13-23-24(17-31)38-27(25(23)28(35)30(2)3)29-26(34)20-8-10-22(11-9-20)39(36,37)32-15-12-19-6-4-5-7-21(19)16-32/h4-11H,12-17H2,1-3H3,(H,29,34). The van der Waals surface area contributed by atoms with Gasteiger partial charge in [-0.25, -0.2) is 8.42 Å². The Morgan fingerprint density at radius 2 is 1.62 bits per heavy atom. The van der Waals surface area contributed by atoms with Gasteiger partial charge in [0, 0.05) is 51.1 Å². The van der Waals surface area contributed by atoms with Crippen LogP contribution in [-0.2, 0) is 40.7 Å². The third kappa shape index (κ3) is 5.21. The summed E-state index contributed by atoms with van der Waals surface area (Å²) in [6, 6.07) is 13.7.